The van der Waals surface area contributed by atoms with Crippen molar-refractivity contribution in [2.75, 3.05) is 19.5 Å². The van der Waals surface area contributed by atoms with E-state index in [1.165, 1.54) is 7.11 Å². The van der Waals surface area contributed by atoms with Gasteiger partial charge in [0.05, 0.1) is 19.6 Å². The molecule has 0 saturated carbocycles. The van der Waals surface area contributed by atoms with Crippen LogP contribution in [-0.2, 0) is 9.53 Å². The zero-order valence-corrected chi connectivity index (χ0v) is 8.84. The third-order valence-corrected chi connectivity index (χ3v) is 2.43. The fraction of sp³-hybridized carbons (Fsp3) is 0.667. The molecule has 0 aromatic rings. The maximum absolute atomic E-state index is 10.9. The summed E-state index contributed by atoms with van der Waals surface area (Å²) in [7, 11) is 1.40. The molecule has 3 nitrogen and oxygen atoms in total. The molecule has 76 valence electrons. The molecule has 0 bridgehead atoms. The van der Waals surface area contributed by atoms with Crippen LogP contribution in [0.4, 0.5) is 0 Å². The minimum Gasteiger partial charge on any atom is -0.469 e. The van der Waals surface area contributed by atoms with Gasteiger partial charge in [0.15, 0.2) is 0 Å². The largest absolute Gasteiger partial charge is 0.469 e. The molecule has 0 radical (unpaired) electrons. The first-order valence-electron chi connectivity index (χ1n) is 4.17. The normalized spacial score (nSPS) is 13.2. The molecule has 1 N–H and O–H groups in total. The number of methoxy groups -OCH3 is 1. The second-order valence-electron chi connectivity index (χ2n) is 2.64. The molecule has 13 heavy (non-hydrogen) atoms. The van der Waals surface area contributed by atoms with E-state index in [0.717, 1.165) is 12.2 Å². The number of rotatable bonds is 6. The van der Waals surface area contributed by atoms with Crippen molar-refractivity contribution >= 4 is 17.7 Å². The van der Waals surface area contributed by atoms with Crippen LogP contribution in [0.1, 0.15) is 13.3 Å². The summed E-state index contributed by atoms with van der Waals surface area (Å²) in [4.78, 5) is 10.9. The molecule has 0 aromatic heterocycles. The van der Waals surface area contributed by atoms with Gasteiger partial charge in [-0.2, -0.15) is 0 Å². The molecule has 0 heterocycles. The number of carbonyl (C=O) groups is 1. The van der Waals surface area contributed by atoms with Crippen molar-refractivity contribution < 1.29 is 14.6 Å². The second kappa shape index (κ2) is 8.13. The van der Waals surface area contributed by atoms with Gasteiger partial charge in [0.25, 0.3) is 0 Å². The van der Waals surface area contributed by atoms with Crippen LogP contribution < -0.4 is 0 Å². The maximum Gasteiger partial charge on any atom is 0.308 e. The lowest BCUT2D eigenvalue weighted by molar-refractivity contribution is -0.144. The highest BCUT2D eigenvalue weighted by Crippen LogP contribution is 2.11. The van der Waals surface area contributed by atoms with E-state index < -0.39 is 0 Å². The molecule has 0 rings (SSSR count). The molecule has 0 fully saturated rings. The summed E-state index contributed by atoms with van der Waals surface area (Å²) in [5, 5.41) is 10.3. The van der Waals surface area contributed by atoms with Crippen LogP contribution in [0.2, 0.25) is 0 Å². The summed E-state index contributed by atoms with van der Waals surface area (Å²) < 4.78 is 4.58. The first-order chi connectivity index (χ1) is 6.22. The van der Waals surface area contributed by atoms with Gasteiger partial charge < -0.3 is 9.84 Å². The van der Waals surface area contributed by atoms with Gasteiger partial charge in [-0.25, -0.2) is 0 Å². The number of aliphatic hydroxyl groups excluding tert-OH is 1. The predicted molar refractivity (Wildman–Crippen MR) is 54.5 cm³/mol. The second-order valence-corrected chi connectivity index (χ2v) is 3.65. The Morgan fingerprint density at radius 1 is 1.69 bits per heavy atom. The molecule has 1 unspecified atom stereocenters. The van der Waals surface area contributed by atoms with E-state index >= 15 is 0 Å². The van der Waals surface area contributed by atoms with Gasteiger partial charge in [0, 0.05) is 0 Å². The number of ether oxygens (including phenoxy) is 1. The highest BCUT2D eigenvalue weighted by Gasteiger charge is 2.11. The number of hydrogen-bond acceptors (Lipinski definition) is 4. The smallest absolute Gasteiger partial charge is 0.308 e. The zero-order chi connectivity index (χ0) is 10.1. The lowest BCUT2D eigenvalue weighted by atomic mass is 10.1. The van der Waals surface area contributed by atoms with Crippen molar-refractivity contribution in [2.24, 2.45) is 5.92 Å². The summed E-state index contributed by atoms with van der Waals surface area (Å²) in [5.41, 5.74) is 0. The molecule has 0 aromatic carbocycles. The Hall–Kier alpha value is -0.480. The Kier molecular flexibility index (Phi) is 7.83. The molecular weight excluding hydrogens is 188 g/mol. The topological polar surface area (TPSA) is 46.5 Å². The van der Waals surface area contributed by atoms with Crippen molar-refractivity contribution in [3.63, 3.8) is 0 Å². The molecule has 1 atom stereocenters. The van der Waals surface area contributed by atoms with E-state index in [1.807, 2.05) is 12.3 Å². The molecular formula is C9H16O3S. The molecule has 0 amide bonds. The van der Waals surface area contributed by atoms with Gasteiger partial charge in [-0.05, 0) is 17.6 Å². The van der Waals surface area contributed by atoms with Crippen molar-refractivity contribution in [1.82, 2.24) is 0 Å². The van der Waals surface area contributed by atoms with Crippen LogP contribution in [0.15, 0.2) is 11.5 Å². The quantitative estimate of drug-likeness (QED) is 0.525. The minimum absolute atomic E-state index is 0.0416. The first-order valence-corrected chi connectivity index (χ1v) is 5.22. The van der Waals surface area contributed by atoms with Gasteiger partial charge in [-0.3, -0.25) is 4.79 Å². The van der Waals surface area contributed by atoms with Gasteiger partial charge in [0.1, 0.15) is 0 Å². The third-order valence-electron chi connectivity index (χ3n) is 1.57. The maximum atomic E-state index is 10.9. The summed E-state index contributed by atoms with van der Waals surface area (Å²) in [6.07, 6.45) is 2.47. The van der Waals surface area contributed by atoms with E-state index in [9.17, 15) is 4.79 Å². The number of aliphatic hydroxyl groups is 1. The predicted octanol–water partition coefficient (Wildman–Crippen LogP) is 1.42. The number of carbonyl (C=O) groups excluding carboxylic acids is 1. The molecule has 0 aliphatic carbocycles. The Labute approximate surface area is 83.2 Å². The number of esters is 1. The number of hydrogen-bond donors (Lipinski definition) is 1. The Morgan fingerprint density at radius 3 is 2.92 bits per heavy atom. The van der Waals surface area contributed by atoms with Crippen molar-refractivity contribution in [3.05, 3.63) is 11.5 Å². The van der Waals surface area contributed by atoms with E-state index in [2.05, 4.69) is 4.74 Å². The van der Waals surface area contributed by atoms with Crippen molar-refractivity contribution in [2.45, 2.75) is 13.3 Å². The number of thioether (sulfide) groups is 1. The fourth-order valence-electron chi connectivity index (χ4n) is 0.743. The van der Waals surface area contributed by atoms with Crippen molar-refractivity contribution in [3.8, 4) is 0 Å². The lowest BCUT2D eigenvalue weighted by Gasteiger charge is -2.06. The van der Waals surface area contributed by atoms with E-state index in [-0.39, 0.29) is 18.5 Å². The molecule has 0 aliphatic rings. The van der Waals surface area contributed by atoms with Crippen LogP contribution >= 0.6 is 11.8 Å². The molecule has 0 saturated heterocycles. The van der Waals surface area contributed by atoms with Gasteiger partial charge in [-0.15, -0.1) is 11.8 Å². The van der Waals surface area contributed by atoms with Gasteiger partial charge >= 0.3 is 5.97 Å². The zero-order valence-electron chi connectivity index (χ0n) is 8.03. The first kappa shape index (κ1) is 12.5. The molecule has 4 heteroatoms. The van der Waals surface area contributed by atoms with E-state index in [4.69, 9.17) is 5.11 Å². The lowest BCUT2D eigenvalue weighted by Crippen LogP contribution is -2.13. The minimum atomic E-state index is -0.160. The third kappa shape index (κ3) is 6.66. The van der Waals surface area contributed by atoms with Crippen LogP contribution in [0, 0.1) is 5.92 Å². The fourth-order valence-corrected chi connectivity index (χ4v) is 1.59. The highest BCUT2D eigenvalue weighted by molar-refractivity contribution is 8.02. The van der Waals surface area contributed by atoms with Crippen LogP contribution in [0.5, 0.6) is 0 Å². The summed E-state index contributed by atoms with van der Waals surface area (Å²) in [6, 6.07) is 0. The average molecular weight is 204 g/mol. The summed E-state index contributed by atoms with van der Waals surface area (Å²) >= 11 is 1.59. The Bertz CT molecular complexity index is 168. The Balaban J connectivity index is 3.42. The summed E-state index contributed by atoms with van der Waals surface area (Å²) in [6.45, 7) is 1.92. The average Bonchev–Trinajstić information content (AvgIpc) is 2.16. The highest BCUT2D eigenvalue weighted by atomic mass is 32.2. The van der Waals surface area contributed by atoms with Crippen LogP contribution in [0.3, 0.4) is 0 Å². The van der Waals surface area contributed by atoms with E-state index in [1.54, 1.807) is 17.8 Å². The molecule has 0 spiro atoms. The van der Waals surface area contributed by atoms with Crippen molar-refractivity contribution in [1.29, 1.82) is 0 Å². The van der Waals surface area contributed by atoms with Crippen LogP contribution in [-0.4, -0.2) is 30.5 Å². The van der Waals surface area contributed by atoms with E-state index in [0.29, 0.717) is 0 Å². The summed E-state index contributed by atoms with van der Waals surface area (Å²) in [5.74, 6) is 0.666. The van der Waals surface area contributed by atoms with Gasteiger partial charge in [-0.1, -0.05) is 13.0 Å². The van der Waals surface area contributed by atoms with Crippen LogP contribution in [0.25, 0.3) is 0 Å². The van der Waals surface area contributed by atoms with Gasteiger partial charge in [0.2, 0.25) is 0 Å². The monoisotopic (exact) mass is 204 g/mol. The standard InChI is InChI=1S/C9H16O3S/c1-8(9(11)12-2)4-7-13-6-3-5-10/h3,6,8,10H,4-5,7H2,1-2H3. The molecule has 0 aliphatic heterocycles. The Morgan fingerprint density at radius 2 is 2.38 bits per heavy atom. The SMILES string of the molecule is COC(=O)C(C)CCSC=CCO.